The zero-order chi connectivity index (χ0) is 27.4. The average molecular weight is 626 g/mol. The van der Waals surface area contributed by atoms with Gasteiger partial charge in [0.25, 0.3) is 0 Å². The summed E-state index contributed by atoms with van der Waals surface area (Å²) in [5, 5.41) is 0. The molecule has 2 aromatic heterocycles. The third-order valence-corrected chi connectivity index (χ3v) is 8.90. The number of nitrogens with zero attached hydrogens (tertiary/aromatic N) is 4. The molecule has 14 nitrogen and oxygen atoms in total. The van der Waals surface area contributed by atoms with Crippen molar-refractivity contribution in [3.8, 4) is 5.88 Å². The first kappa shape index (κ1) is 26.4. The van der Waals surface area contributed by atoms with Crippen molar-refractivity contribution in [2.45, 2.75) is 50.4 Å². The Labute approximate surface area is 230 Å². The minimum absolute atomic E-state index is 0.00689. The molecule has 3 aromatic rings. The molecule has 0 saturated carbocycles. The number of carbonyl (C=O) groups is 1. The predicted octanol–water partition coefficient (Wildman–Crippen LogP) is 4.06. The van der Waals surface area contributed by atoms with Crippen LogP contribution in [-0.4, -0.2) is 63.3 Å². The van der Waals surface area contributed by atoms with Crippen LogP contribution in [0.3, 0.4) is 0 Å². The van der Waals surface area contributed by atoms with E-state index in [-0.39, 0.29) is 30.7 Å². The molecule has 6 atom stereocenters. The normalized spacial score (nSPS) is 32.1. The van der Waals surface area contributed by atoms with Gasteiger partial charge in [0.15, 0.2) is 29.1 Å². The van der Waals surface area contributed by atoms with Gasteiger partial charge in [-0.15, -0.1) is 0 Å². The van der Waals surface area contributed by atoms with Crippen LogP contribution in [0.4, 0.5) is 10.7 Å². The number of imidazole rings is 1. The van der Waals surface area contributed by atoms with Crippen LogP contribution in [-0.2, 0) is 32.3 Å². The molecule has 6 rings (SSSR count). The number of phosphoric ester groups is 1. The molecule has 39 heavy (non-hydrogen) atoms. The second kappa shape index (κ2) is 9.98. The van der Waals surface area contributed by atoms with Gasteiger partial charge >= 0.3 is 14.0 Å². The number of nitrogens with two attached hydrogens (primary N) is 1. The van der Waals surface area contributed by atoms with Crippen molar-refractivity contribution < 1.29 is 41.9 Å². The summed E-state index contributed by atoms with van der Waals surface area (Å²) in [7, 11) is -3.98. The number of nitrogen functional groups attached to an aromatic ring is 1. The van der Waals surface area contributed by atoms with Gasteiger partial charge in [0.1, 0.15) is 12.4 Å². The van der Waals surface area contributed by atoms with E-state index in [0.717, 1.165) is 10.0 Å². The number of aromatic nitrogens is 4. The summed E-state index contributed by atoms with van der Waals surface area (Å²) in [6, 6.07) is 7.49. The smallest absolute Gasteiger partial charge is 0.476 e. The van der Waals surface area contributed by atoms with Crippen molar-refractivity contribution in [1.29, 1.82) is 0 Å². The van der Waals surface area contributed by atoms with E-state index >= 15 is 0 Å². The molecule has 0 bridgehead atoms. The highest BCUT2D eigenvalue weighted by Gasteiger charge is 2.64. The highest BCUT2D eigenvalue weighted by atomic mass is 79.9. The Bertz CT molecular complexity index is 1470. The van der Waals surface area contributed by atoms with Gasteiger partial charge in [-0.3, -0.25) is 18.1 Å². The van der Waals surface area contributed by atoms with E-state index < -0.39 is 44.1 Å². The van der Waals surface area contributed by atoms with E-state index in [1.807, 2.05) is 24.3 Å². The topological polar surface area (TPSA) is 168 Å². The van der Waals surface area contributed by atoms with Crippen LogP contribution in [0.15, 0.2) is 35.1 Å². The molecule has 3 fully saturated rings. The highest BCUT2D eigenvalue weighted by Crippen LogP contribution is 2.58. The summed E-state index contributed by atoms with van der Waals surface area (Å²) in [5.41, 5.74) is 5.99. The van der Waals surface area contributed by atoms with E-state index in [1.54, 1.807) is 18.4 Å². The number of phosphoric acid groups is 1. The number of rotatable bonds is 7. The maximum atomic E-state index is 13.4. The first-order valence-electron chi connectivity index (χ1n) is 12.2. The third-order valence-electron chi connectivity index (χ3n) is 6.71. The molecular formula is C23H25BrN5O9P. The summed E-state index contributed by atoms with van der Waals surface area (Å²) in [5.74, 6) is 0.185. The van der Waals surface area contributed by atoms with Gasteiger partial charge < -0.3 is 24.7 Å². The lowest BCUT2D eigenvalue weighted by molar-refractivity contribution is -0.0925. The SMILES string of the molecule is CCOc1nc(N)nc2ncn([C@@H]3O[C@H](CO[P@]4(=O)OCC[C@H](c5ccccc5Br)O4)[C@H]4OC(=O)O[C@]43C)c12. The van der Waals surface area contributed by atoms with Crippen molar-refractivity contribution >= 4 is 47.0 Å². The fraction of sp³-hybridized carbons (Fsp3) is 0.478. The molecule has 5 heterocycles. The van der Waals surface area contributed by atoms with Gasteiger partial charge in [0, 0.05) is 10.9 Å². The van der Waals surface area contributed by atoms with Gasteiger partial charge in [-0.1, -0.05) is 34.1 Å². The fourth-order valence-electron chi connectivity index (χ4n) is 4.99. The summed E-state index contributed by atoms with van der Waals surface area (Å²) >= 11 is 3.50. The van der Waals surface area contributed by atoms with Crippen LogP contribution >= 0.6 is 23.8 Å². The van der Waals surface area contributed by atoms with E-state index in [2.05, 4.69) is 30.9 Å². The highest BCUT2D eigenvalue weighted by molar-refractivity contribution is 9.10. The summed E-state index contributed by atoms with van der Waals surface area (Å²) < 4.78 is 55.7. The summed E-state index contributed by atoms with van der Waals surface area (Å²) in [6.45, 7) is 3.66. The maximum absolute atomic E-state index is 13.4. The number of fused-ring (bicyclic) bond motifs is 2. The van der Waals surface area contributed by atoms with E-state index in [4.69, 9.17) is 38.3 Å². The first-order valence-corrected chi connectivity index (χ1v) is 14.5. The molecule has 3 saturated heterocycles. The molecule has 0 spiro atoms. The number of hydrogen-bond acceptors (Lipinski definition) is 13. The molecule has 208 valence electrons. The van der Waals surface area contributed by atoms with E-state index in [1.165, 1.54) is 6.33 Å². The molecule has 0 amide bonds. The lowest BCUT2D eigenvalue weighted by Crippen LogP contribution is -2.42. The summed E-state index contributed by atoms with van der Waals surface area (Å²) in [4.78, 5) is 24.9. The first-order chi connectivity index (χ1) is 18.7. The monoisotopic (exact) mass is 625 g/mol. The number of halogens is 1. The molecule has 0 unspecified atom stereocenters. The van der Waals surface area contributed by atoms with Crippen molar-refractivity contribution in [2.75, 3.05) is 25.6 Å². The van der Waals surface area contributed by atoms with Gasteiger partial charge in [-0.25, -0.2) is 14.3 Å². The van der Waals surface area contributed by atoms with Crippen LogP contribution in [0.5, 0.6) is 5.88 Å². The minimum Gasteiger partial charge on any atom is -0.476 e. The number of benzene rings is 1. The fourth-order valence-corrected chi connectivity index (χ4v) is 6.92. The van der Waals surface area contributed by atoms with Crippen LogP contribution in [0.25, 0.3) is 11.2 Å². The summed E-state index contributed by atoms with van der Waals surface area (Å²) in [6.07, 6.45) is -2.17. The van der Waals surface area contributed by atoms with Crippen LogP contribution < -0.4 is 10.5 Å². The van der Waals surface area contributed by atoms with Gasteiger partial charge in [-0.05, 0) is 25.5 Å². The maximum Gasteiger partial charge on any atom is 0.509 e. The molecule has 16 heteroatoms. The van der Waals surface area contributed by atoms with Crippen molar-refractivity contribution in [3.63, 3.8) is 0 Å². The van der Waals surface area contributed by atoms with E-state index in [0.29, 0.717) is 18.5 Å². The predicted molar refractivity (Wildman–Crippen MR) is 137 cm³/mol. The number of anilines is 1. The third kappa shape index (κ3) is 4.66. The molecule has 0 aliphatic carbocycles. The van der Waals surface area contributed by atoms with E-state index in [9.17, 15) is 9.36 Å². The molecule has 2 N–H and O–H groups in total. The average Bonchev–Trinajstić information content (AvgIpc) is 3.52. The minimum atomic E-state index is -3.98. The lowest BCUT2D eigenvalue weighted by Gasteiger charge is -2.30. The molecule has 1 aromatic carbocycles. The largest absolute Gasteiger partial charge is 0.509 e. The Balaban J connectivity index is 1.26. The Morgan fingerprint density at radius 3 is 2.92 bits per heavy atom. The molecule has 0 radical (unpaired) electrons. The van der Waals surface area contributed by atoms with Crippen LogP contribution in [0, 0.1) is 0 Å². The Kier molecular flexibility index (Phi) is 6.76. The van der Waals surface area contributed by atoms with Crippen molar-refractivity contribution in [2.24, 2.45) is 0 Å². The van der Waals surface area contributed by atoms with Gasteiger partial charge in [-0.2, -0.15) is 9.97 Å². The molecular weight excluding hydrogens is 601 g/mol. The zero-order valence-corrected chi connectivity index (χ0v) is 23.4. The lowest BCUT2D eigenvalue weighted by atomic mass is 9.96. The van der Waals surface area contributed by atoms with Crippen LogP contribution in [0.2, 0.25) is 0 Å². The number of ether oxygens (including phenoxy) is 4. The van der Waals surface area contributed by atoms with Gasteiger partial charge in [0.05, 0.1) is 25.9 Å². The number of hydrogen-bond donors (Lipinski definition) is 1. The van der Waals surface area contributed by atoms with Gasteiger partial charge in [0.2, 0.25) is 11.8 Å². The second-order valence-corrected chi connectivity index (χ2v) is 11.7. The Hall–Kier alpha value is -2.81. The van der Waals surface area contributed by atoms with Crippen molar-refractivity contribution in [1.82, 2.24) is 19.5 Å². The van der Waals surface area contributed by atoms with Crippen molar-refractivity contribution in [3.05, 3.63) is 40.6 Å². The zero-order valence-electron chi connectivity index (χ0n) is 20.9. The number of carbonyl (C=O) groups excluding carboxylic acids is 1. The van der Waals surface area contributed by atoms with Crippen LogP contribution in [0.1, 0.15) is 38.2 Å². The second-order valence-electron chi connectivity index (χ2n) is 9.23. The Morgan fingerprint density at radius 2 is 2.13 bits per heavy atom. The molecule has 3 aliphatic rings. The molecule has 3 aliphatic heterocycles. The Morgan fingerprint density at radius 1 is 1.31 bits per heavy atom. The quantitative estimate of drug-likeness (QED) is 0.295. The standard InChI is InChI=1S/C23H25BrN5O9P/c1-3-32-19-16-18(27-21(25)28-19)26-11-29(16)20-23(2)17(36-22(30)37-23)15(35-20)10-34-39(31)33-9-8-14(38-39)12-6-4-5-7-13(12)24/h4-7,11,14-15,17,20H,3,8-10H2,1-2H3,(H2,25,27,28)/t14-,15-,17-,20-,23-,39+/m1/s1.